The van der Waals surface area contributed by atoms with Crippen LogP contribution in [0, 0.1) is 0 Å². The molecule has 1 saturated heterocycles. The summed E-state index contributed by atoms with van der Waals surface area (Å²) in [6.45, 7) is 4.21. The molecule has 0 aromatic rings. The molecule has 1 aliphatic rings. The highest BCUT2D eigenvalue weighted by Gasteiger charge is 2.44. The summed E-state index contributed by atoms with van der Waals surface area (Å²) in [7, 11) is 0. The standard InChI is InChI=1S/C54H99NO10/c1-3-5-7-9-11-13-15-16-17-21-24-28-32-36-40-47(57)46(45-64-54-53(62)52(61)51(60)48(44-56)65-54)55-49(58)41-37-33-29-25-22-18-19-23-27-31-35-39-43-63-50(59)42-38-34-30-26-20-14-12-10-8-6-4-2/h10,12,19,23,36,40,46-48,51-54,56-57,60-62H,3-9,11,13-18,20-22,24-35,37-39,41-45H2,1-2H3,(H,55,58)/b12-10-,23-19-,40-36+. The van der Waals surface area contributed by atoms with Crippen LogP contribution >= 0.6 is 0 Å². The van der Waals surface area contributed by atoms with Crippen LogP contribution in [0.3, 0.4) is 0 Å². The number of hydrogen-bond acceptors (Lipinski definition) is 10. The number of aliphatic hydroxyl groups excluding tert-OH is 5. The zero-order valence-electron chi connectivity index (χ0n) is 41.4. The Bertz CT molecular complexity index is 1180. The third-order valence-corrected chi connectivity index (χ3v) is 12.5. The van der Waals surface area contributed by atoms with Gasteiger partial charge in [-0.05, 0) is 83.5 Å². The second-order valence-corrected chi connectivity index (χ2v) is 18.6. The van der Waals surface area contributed by atoms with Crippen LogP contribution in [0.25, 0.3) is 0 Å². The summed E-state index contributed by atoms with van der Waals surface area (Å²) in [4.78, 5) is 25.0. The molecule has 0 aromatic carbocycles. The van der Waals surface area contributed by atoms with Gasteiger partial charge in [-0.2, -0.15) is 0 Å². The average molecular weight is 922 g/mol. The van der Waals surface area contributed by atoms with Gasteiger partial charge < -0.3 is 45.1 Å². The van der Waals surface area contributed by atoms with E-state index in [4.69, 9.17) is 14.2 Å². The predicted octanol–water partition coefficient (Wildman–Crippen LogP) is 11.2. The lowest BCUT2D eigenvalue weighted by Gasteiger charge is -2.40. The van der Waals surface area contributed by atoms with Crippen LogP contribution in [0.2, 0.25) is 0 Å². The number of aliphatic hydroxyl groups is 5. The van der Waals surface area contributed by atoms with Gasteiger partial charge in [0.2, 0.25) is 5.91 Å². The maximum absolute atomic E-state index is 13.0. The number of hydrogen-bond donors (Lipinski definition) is 6. The van der Waals surface area contributed by atoms with E-state index >= 15 is 0 Å². The minimum Gasteiger partial charge on any atom is -0.466 e. The first-order chi connectivity index (χ1) is 31.7. The van der Waals surface area contributed by atoms with E-state index in [9.17, 15) is 35.1 Å². The number of carbonyl (C=O) groups is 2. The first-order valence-electron chi connectivity index (χ1n) is 26.8. The SMILES string of the molecule is CCCC/C=C\CCCCCCCC(=O)OCCCCC/C=C\CCCCCCCC(=O)NC(COC1OC(CO)C(O)C(O)C1O)C(O)/C=C/CCCCCCCCCCCCCC. The molecule has 1 aliphatic heterocycles. The Kier molecular flexibility index (Phi) is 41.6. The number of unbranched alkanes of at least 4 members (excludes halogenated alkanes) is 27. The zero-order chi connectivity index (χ0) is 47.4. The molecule has 0 spiro atoms. The van der Waals surface area contributed by atoms with Crippen LogP contribution in [0.1, 0.15) is 232 Å². The van der Waals surface area contributed by atoms with E-state index in [0.717, 1.165) is 96.3 Å². The number of esters is 1. The fourth-order valence-electron chi connectivity index (χ4n) is 8.11. The average Bonchev–Trinajstić information content (AvgIpc) is 3.30. The largest absolute Gasteiger partial charge is 0.466 e. The molecule has 1 amide bonds. The molecular formula is C54H99NO10. The van der Waals surface area contributed by atoms with Crippen molar-refractivity contribution in [2.45, 2.75) is 275 Å². The second kappa shape index (κ2) is 44.4. The molecule has 0 aromatic heterocycles. The molecule has 11 heteroatoms. The molecule has 380 valence electrons. The molecule has 1 fully saturated rings. The highest BCUT2D eigenvalue weighted by molar-refractivity contribution is 5.76. The van der Waals surface area contributed by atoms with Gasteiger partial charge in [-0.3, -0.25) is 9.59 Å². The Morgan fingerprint density at radius 3 is 1.52 bits per heavy atom. The van der Waals surface area contributed by atoms with E-state index in [1.54, 1.807) is 6.08 Å². The lowest BCUT2D eigenvalue weighted by Crippen LogP contribution is -2.60. The summed E-state index contributed by atoms with van der Waals surface area (Å²) in [5, 5.41) is 54.3. The van der Waals surface area contributed by atoms with Gasteiger partial charge in [-0.15, -0.1) is 0 Å². The third kappa shape index (κ3) is 34.8. The van der Waals surface area contributed by atoms with E-state index in [-0.39, 0.29) is 18.5 Å². The van der Waals surface area contributed by atoms with Crippen molar-refractivity contribution in [2.24, 2.45) is 0 Å². The first kappa shape index (κ1) is 60.9. The van der Waals surface area contributed by atoms with Crippen molar-refractivity contribution in [3.05, 3.63) is 36.5 Å². The lowest BCUT2D eigenvalue weighted by molar-refractivity contribution is -0.302. The first-order valence-corrected chi connectivity index (χ1v) is 26.8. The normalized spacial score (nSPS) is 20.0. The summed E-state index contributed by atoms with van der Waals surface area (Å²) in [6.07, 6.45) is 42.1. The Balaban J connectivity index is 2.23. The van der Waals surface area contributed by atoms with Crippen molar-refractivity contribution in [1.29, 1.82) is 0 Å². The van der Waals surface area contributed by atoms with Gasteiger partial charge >= 0.3 is 5.97 Å². The Morgan fingerprint density at radius 1 is 0.554 bits per heavy atom. The van der Waals surface area contributed by atoms with Crippen molar-refractivity contribution in [3.8, 4) is 0 Å². The van der Waals surface area contributed by atoms with Gasteiger partial charge in [-0.25, -0.2) is 0 Å². The Labute approximate surface area is 396 Å². The van der Waals surface area contributed by atoms with Crippen molar-refractivity contribution in [3.63, 3.8) is 0 Å². The number of carbonyl (C=O) groups excluding carboxylic acids is 2. The van der Waals surface area contributed by atoms with E-state index in [2.05, 4.69) is 43.5 Å². The molecule has 1 heterocycles. The van der Waals surface area contributed by atoms with Gasteiger partial charge in [0, 0.05) is 12.8 Å². The molecule has 1 rings (SSSR count). The van der Waals surface area contributed by atoms with Crippen LogP contribution in [-0.4, -0.2) is 100 Å². The van der Waals surface area contributed by atoms with Crippen molar-refractivity contribution in [1.82, 2.24) is 5.32 Å². The molecule has 11 nitrogen and oxygen atoms in total. The molecule has 0 bridgehead atoms. The van der Waals surface area contributed by atoms with E-state index in [1.165, 1.54) is 109 Å². The van der Waals surface area contributed by atoms with Crippen LogP contribution < -0.4 is 5.32 Å². The number of allylic oxidation sites excluding steroid dienone is 5. The van der Waals surface area contributed by atoms with Crippen molar-refractivity contribution in [2.75, 3.05) is 19.8 Å². The summed E-state index contributed by atoms with van der Waals surface area (Å²) < 4.78 is 16.6. The Hall–Kier alpha value is -2.12. The number of ether oxygens (including phenoxy) is 3. The van der Waals surface area contributed by atoms with E-state index < -0.39 is 49.5 Å². The van der Waals surface area contributed by atoms with Crippen LogP contribution in [0.15, 0.2) is 36.5 Å². The molecule has 7 atom stereocenters. The topological polar surface area (TPSA) is 175 Å². The summed E-state index contributed by atoms with van der Waals surface area (Å²) in [6, 6.07) is -0.829. The maximum Gasteiger partial charge on any atom is 0.305 e. The molecular weight excluding hydrogens is 823 g/mol. The van der Waals surface area contributed by atoms with Gasteiger partial charge in [0.25, 0.3) is 0 Å². The van der Waals surface area contributed by atoms with Crippen LogP contribution in [0.5, 0.6) is 0 Å². The molecule has 6 N–H and O–H groups in total. The monoisotopic (exact) mass is 922 g/mol. The van der Waals surface area contributed by atoms with Crippen LogP contribution in [-0.2, 0) is 23.8 Å². The molecule has 0 radical (unpaired) electrons. The summed E-state index contributed by atoms with van der Waals surface area (Å²) in [5.41, 5.74) is 0. The predicted molar refractivity (Wildman–Crippen MR) is 264 cm³/mol. The highest BCUT2D eigenvalue weighted by atomic mass is 16.7. The number of nitrogens with one attached hydrogen (secondary N) is 1. The van der Waals surface area contributed by atoms with Crippen LogP contribution in [0.4, 0.5) is 0 Å². The van der Waals surface area contributed by atoms with Gasteiger partial charge in [0.15, 0.2) is 6.29 Å². The highest BCUT2D eigenvalue weighted by Crippen LogP contribution is 2.23. The maximum atomic E-state index is 13.0. The van der Waals surface area contributed by atoms with Crippen molar-refractivity contribution >= 4 is 11.9 Å². The minimum absolute atomic E-state index is 0.0583. The van der Waals surface area contributed by atoms with Gasteiger partial charge in [0.05, 0.1) is 32.0 Å². The minimum atomic E-state index is -1.58. The fourth-order valence-corrected chi connectivity index (χ4v) is 8.11. The van der Waals surface area contributed by atoms with Gasteiger partial charge in [0.1, 0.15) is 24.4 Å². The molecule has 7 unspecified atom stereocenters. The number of rotatable bonds is 45. The van der Waals surface area contributed by atoms with E-state index in [1.807, 2.05) is 6.08 Å². The summed E-state index contributed by atoms with van der Waals surface area (Å²) in [5.74, 6) is -0.267. The second-order valence-electron chi connectivity index (χ2n) is 18.6. The molecule has 0 saturated carbocycles. The molecule has 65 heavy (non-hydrogen) atoms. The molecule has 0 aliphatic carbocycles. The smallest absolute Gasteiger partial charge is 0.305 e. The van der Waals surface area contributed by atoms with Crippen molar-refractivity contribution < 1.29 is 49.3 Å². The zero-order valence-corrected chi connectivity index (χ0v) is 41.4. The van der Waals surface area contributed by atoms with E-state index in [0.29, 0.717) is 19.4 Å². The fraction of sp³-hybridized carbons (Fsp3) is 0.852. The quantitative estimate of drug-likeness (QED) is 0.0196. The summed E-state index contributed by atoms with van der Waals surface area (Å²) >= 11 is 0. The number of amides is 1. The Morgan fingerprint density at radius 2 is 1.00 bits per heavy atom. The lowest BCUT2D eigenvalue weighted by atomic mass is 9.99. The van der Waals surface area contributed by atoms with Gasteiger partial charge in [-0.1, -0.05) is 172 Å². The third-order valence-electron chi connectivity index (χ3n) is 12.5.